The van der Waals surface area contributed by atoms with Crippen LogP contribution in [0, 0.1) is 0 Å². The number of phosphoric ester groups is 1. The number of hydrogen-bond donors (Lipinski definition) is 4. The van der Waals surface area contributed by atoms with E-state index in [0.717, 1.165) is 0 Å². The van der Waals surface area contributed by atoms with Gasteiger partial charge in [-0.15, -0.1) is 12.6 Å². The number of carbonyl (C=O) groups is 1. The van der Waals surface area contributed by atoms with Crippen molar-refractivity contribution in [3.8, 4) is 0 Å². The van der Waals surface area contributed by atoms with Gasteiger partial charge >= 0.3 is 7.82 Å². The summed E-state index contributed by atoms with van der Waals surface area (Å²) in [5, 5.41) is 7.69. The van der Waals surface area contributed by atoms with E-state index in [9.17, 15) is 9.36 Å². The number of phosphoric acid groups is 1. The molecule has 0 spiro atoms. The summed E-state index contributed by atoms with van der Waals surface area (Å²) in [6, 6.07) is 0. The van der Waals surface area contributed by atoms with Crippen LogP contribution in [-0.4, -0.2) is 32.7 Å². The third-order valence-corrected chi connectivity index (χ3v) is 1.47. The van der Waals surface area contributed by atoms with Gasteiger partial charge in [0, 0.05) is 0 Å². The van der Waals surface area contributed by atoms with Gasteiger partial charge in [-0.3, -0.25) is 9.32 Å². The molecule has 0 unspecified atom stereocenters. The normalized spacial score (nSPS) is 14.5. The second-order valence-corrected chi connectivity index (χ2v) is 3.32. The maximum atomic E-state index is 10.1. The molecule has 0 aromatic carbocycles. The van der Waals surface area contributed by atoms with Crippen molar-refractivity contribution in [2.24, 2.45) is 0 Å². The zero-order valence-corrected chi connectivity index (χ0v) is 7.03. The van der Waals surface area contributed by atoms with Crippen molar-refractivity contribution in [2.45, 2.75) is 6.10 Å². The lowest BCUT2D eigenvalue weighted by molar-refractivity contribution is -0.119. The molecule has 0 aromatic heterocycles. The fraction of sp³-hybridized carbons (Fsp3) is 0.667. The first-order valence-electron chi connectivity index (χ1n) is 2.44. The topological polar surface area (TPSA) is 104 Å². The van der Waals surface area contributed by atoms with Crippen molar-refractivity contribution in [1.82, 2.24) is 0 Å². The molecule has 1 atom stereocenters. The van der Waals surface area contributed by atoms with Crippen LogP contribution in [0.25, 0.3) is 0 Å². The van der Waals surface area contributed by atoms with Gasteiger partial charge in [0.05, 0.1) is 6.61 Å². The molecule has 66 valence electrons. The second-order valence-electron chi connectivity index (χ2n) is 1.64. The number of rotatable bonds is 4. The van der Waals surface area contributed by atoms with Crippen molar-refractivity contribution in [1.29, 1.82) is 0 Å². The molecule has 0 amide bonds. The van der Waals surface area contributed by atoms with Crippen LogP contribution in [0.2, 0.25) is 0 Å². The van der Waals surface area contributed by atoms with Crippen LogP contribution < -0.4 is 0 Å². The third-order valence-electron chi connectivity index (χ3n) is 0.686. The zero-order valence-electron chi connectivity index (χ0n) is 5.25. The van der Waals surface area contributed by atoms with Gasteiger partial charge in [0.1, 0.15) is 6.10 Å². The van der Waals surface area contributed by atoms with E-state index in [1.165, 1.54) is 0 Å². The Morgan fingerprint density at radius 1 is 1.64 bits per heavy atom. The van der Waals surface area contributed by atoms with Crippen molar-refractivity contribution < 1.29 is 28.8 Å². The van der Waals surface area contributed by atoms with E-state index in [-0.39, 0.29) is 0 Å². The van der Waals surface area contributed by atoms with E-state index in [2.05, 4.69) is 17.2 Å². The molecular weight excluding hydrogens is 195 g/mol. The smallest absolute Gasteiger partial charge is 0.382 e. The van der Waals surface area contributed by atoms with Gasteiger partial charge in [0.15, 0.2) is 0 Å². The van der Waals surface area contributed by atoms with Gasteiger partial charge in [-0.2, -0.15) is 0 Å². The number of thiol groups is 1. The maximum Gasteiger partial charge on any atom is 0.469 e. The fourth-order valence-corrected chi connectivity index (χ4v) is 0.649. The fourth-order valence-electron chi connectivity index (χ4n) is 0.239. The monoisotopic (exact) mass is 202 g/mol. The van der Waals surface area contributed by atoms with Gasteiger partial charge in [0.2, 0.25) is 5.12 Å². The molecule has 0 heterocycles. The van der Waals surface area contributed by atoms with E-state index in [1.54, 1.807) is 0 Å². The Hall–Kier alpha value is 0.0900. The Balaban J connectivity index is 3.72. The van der Waals surface area contributed by atoms with Crippen LogP contribution in [-0.2, 0) is 13.9 Å². The largest absolute Gasteiger partial charge is 0.469 e. The summed E-state index contributed by atoms with van der Waals surface area (Å²) in [5.41, 5.74) is 0. The first-order chi connectivity index (χ1) is 4.83. The van der Waals surface area contributed by atoms with Gasteiger partial charge in [-0.25, -0.2) is 4.57 Å². The zero-order chi connectivity index (χ0) is 9.07. The van der Waals surface area contributed by atoms with E-state index >= 15 is 0 Å². The predicted molar refractivity (Wildman–Crippen MR) is 38.0 cm³/mol. The molecule has 0 aliphatic carbocycles. The lowest BCUT2D eigenvalue weighted by Gasteiger charge is -2.07. The molecule has 0 radical (unpaired) electrons. The summed E-state index contributed by atoms with van der Waals surface area (Å²) in [5.74, 6) is 0. The molecule has 3 N–H and O–H groups in total. The van der Waals surface area contributed by atoms with Crippen LogP contribution in [0.1, 0.15) is 0 Å². The summed E-state index contributed by atoms with van der Waals surface area (Å²) in [6.45, 7) is -0.757. The highest BCUT2D eigenvalue weighted by Gasteiger charge is 2.19. The van der Waals surface area contributed by atoms with Crippen LogP contribution in [0.15, 0.2) is 0 Å². The molecule has 0 bridgehead atoms. The van der Waals surface area contributed by atoms with E-state index < -0.39 is 25.6 Å². The molecule has 0 aliphatic heterocycles. The molecule has 0 saturated carbocycles. The van der Waals surface area contributed by atoms with Gasteiger partial charge in [0.25, 0.3) is 0 Å². The van der Waals surface area contributed by atoms with Crippen LogP contribution in [0.5, 0.6) is 0 Å². The SMILES string of the molecule is O=C(S)[C@H](O)COP(=O)(O)O. The molecule has 8 heteroatoms. The number of hydrogen-bond acceptors (Lipinski definition) is 4. The summed E-state index contributed by atoms with van der Waals surface area (Å²) in [4.78, 5) is 26.3. The van der Waals surface area contributed by atoms with Gasteiger partial charge < -0.3 is 14.9 Å². The van der Waals surface area contributed by atoms with Crippen LogP contribution in [0.3, 0.4) is 0 Å². The van der Waals surface area contributed by atoms with Crippen molar-refractivity contribution in [3.63, 3.8) is 0 Å². The Bertz CT molecular complexity index is 186. The second kappa shape index (κ2) is 4.20. The number of aliphatic hydroxyl groups excluding tert-OH is 1. The van der Waals surface area contributed by atoms with Crippen molar-refractivity contribution in [2.75, 3.05) is 6.61 Å². The first kappa shape index (κ1) is 11.1. The van der Waals surface area contributed by atoms with E-state index in [1.807, 2.05) is 0 Å². The van der Waals surface area contributed by atoms with Gasteiger partial charge in [-0.05, 0) is 0 Å². The quantitative estimate of drug-likeness (QED) is 0.341. The molecule has 0 saturated heterocycles. The maximum absolute atomic E-state index is 10.1. The van der Waals surface area contributed by atoms with Crippen LogP contribution >= 0.6 is 20.5 Å². The van der Waals surface area contributed by atoms with Crippen molar-refractivity contribution >= 4 is 25.6 Å². The lowest BCUT2D eigenvalue weighted by Crippen LogP contribution is -2.21. The summed E-state index contributed by atoms with van der Waals surface area (Å²) in [7, 11) is -4.61. The minimum atomic E-state index is -4.61. The summed E-state index contributed by atoms with van der Waals surface area (Å²) >= 11 is 3.20. The molecule has 11 heavy (non-hydrogen) atoms. The standard InChI is InChI=1S/C3H7O6PS/c4-2(3(5)11)1-9-10(6,7)8/h2,4H,1H2,(H,5,11)(H2,6,7,8)/t2-/m1/s1. The summed E-state index contributed by atoms with van der Waals surface area (Å²) in [6.07, 6.45) is -1.61. The highest BCUT2D eigenvalue weighted by molar-refractivity contribution is 7.96. The minimum absolute atomic E-state index is 0.757. The van der Waals surface area contributed by atoms with E-state index in [0.29, 0.717) is 0 Å². The number of aliphatic hydroxyl groups is 1. The third kappa shape index (κ3) is 6.49. The summed E-state index contributed by atoms with van der Waals surface area (Å²) < 4.78 is 13.8. The molecule has 0 rings (SSSR count). The Labute approximate surface area is 67.8 Å². The molecule has 6 nitrogen and oxygen atoms in total. The van der Waals surface area contributed by atoms with Crippen LogP contribution in [0.4, 0.5) is 0 Å². The van der Waals surface area contributed by atoms with E-state index in [4.69, 9.17) is 14.9 Å². The average molecular weight is 202 g/mol. The molecule has 0 aromatic rings. The number of carbonyl (C=O) groups excluding carboxylic acids is 1. The first-order valence-corrected chi connectivity index (χ1v) is 4.41. The highest BCUT2D eigenvalue weighted by atomic mass is 32.1. The lowest BCUT2D eigenvalue weighted by atomic mass is 10.4. The Kier molecular flexibility index (Phi) is 4.23. The van der Waals surface area contributed by atoms with Crippen molar-refractivity contribution in [3.05, 3.63) is 0 Å². The highest BCUT2D eigenvalue weighted by Crippen LogP contribution is 2.35. The average Bonchev–Trinajstić information content (AvgIpc) is 1.80. The Morgan fingerprint density at radius 3 is 2.36 bits per heavy atom. The predicted octanol–water partition coefficient (Wildman–Crippen LogP) is -1.09. The Morgan fingerprint density at radius 2 is 2.09 bits per heavy atom. The minimum Gasteiger partial charge on any atom is -0.382 e. The molecular formula is C3H7O6PS. The van der Waals surface area contributed by atoms with Gasteiger partial charge in [-0.1, -0.05) is 0 Å². The molecule has 0 fully saturated rings. The molecule has 0 aliphatic rings.